The lowest BCUT2D eigenvalue weighted by atomic mass is 10.1. The van der Waals surface area contributed by atoms with Crippen molar-refractivity contribution in [2.45, 2.75) is 19.9 Å². The van der Waals surface area contributed by atoms with Gasteiger partial charge < -0.3 is 14.9 Å². The van der Waals surface area contributed by atoms with E-state index in [0.717, 1.165) is 11.1 Å². The van der Waals surface area contributed by atoms with Crippen molar-refractivity contribution in [2.75, 3.05) is 6.61 Å². The minimum atomic E-state index is -0.208. The van der Waals surface area contributed by atoms with Crippen LogP contribution in [0.3, 0.4) is 0 Å². The van der Waals surface area contributed by atoms with Gasteiger partial charge in [0.1, 0.15) is 11.3 Å². The van der Waals surface area contributed by atoms with E-state index in [1.807, 2.05) is 24.3 Å². The zero-order valence-electron chi connectivity index (χ0n) is 11.7. The number of hydrogen-bond acceptors (Lipinski definition) is 4. The Kier molecular flexibility index (Phi) is 5.13. The summed E-state index contributed by atoms with van der Waals surface area (Å²) in [5.41, 5.74) is 2.31. The molecule has 0 bridgehead atoms. The van der Waals surface area contributed by atoms with Gasteiger partial charge in [-0.05, 0) is 24.6 Å². The Bertz CT molecular complexity index is 663. The second-order valence-electron chi connectivity index (χ2n) is 4.45. The third-order valence-corrected chi connectivity index (χ3v) is 2.87. The molecule has 0 saturated heterocycles. The lowest BCUT2D eigenvalue weighted by Crippen LogP contribution is -2.22. The van der Waals surface area contributed by atoms with Crippen molar-refractivity contribution in [3.8, 4) is 11.8 Å². The van der Waals surface area contributed by atoms with Crippen LogP contribution in [-0.2, 0) is 6.54 Å². The van der Waals surface area contributed by atoms with E-state index in [0.29, 0.717) is 24.3 Å². The number of benzene rings is 1. The van der Waals surface area contributed by atoms with Gasteiger partial charge in [0.2, 0.25) is 0 Å². The zero-order valence-corrected chi connectivity index (χ0v) is 11.7. The molecule has 5 nitrogen and oxygen atoms in total. The van der Waals surface area contributed by atoms with E-state index in [9.17, 15) is 4.79 Å². The number of aliphatic hydroxyl groups is 1. The van der Waals surface area contributed by atoms with E-state index >= 15 is 0 Å². The van der Waals surface area contributed by atoms with Crippen LogP contribution in [0.15, 0.2) is 35.0 Å². The molecule has 108 valence electrons. The van der Waals surface area contributed by atoms with Gasteiger partial charge in [-0.1, -0.05) is 29.1 Å². The first kappa shape index (κ1) is 14.8. The molecule has 0 aliphatic rings. The van der Waals surface area contributed by atoms with Crippen LogP contribution in [0, 0.1) is 18.8 Å². The molecular weight excluding hydrogens is 268 g/mol. The SMILES string of the molecule is Cc1oncc1C(=O)NCc1ccc(C#CCCO)cc1. The summed E-state index contributed by atoms with van der Waals surface area (Å²) >= 11 is 0. The van der Waals surface area contributed by atoms with E-state index in [1.54, 1.807) is 6.92 Å². The molecule has 0 aliphatic carbocycles. The molecule has 2 rings (SSSR count). The first-order valence-corrected chi connectivity index (χ1v) is 6.59. The van der Waals surface area contributed by atoms with Gasteiger partial charge in [0, 0.05) is 18.5 Å². The Morgan fingerprint density at radius 3 is 2.76 bits per heavy atom. The van der Waals surface area contributed by atoms with Gasteiger partial charge in [-0.2, -0.15) is 0 Å². The van der Waals surface area contributed by atoms with Crippen molar-refractivity contribution in [2.24, 2.45) is 0 Å². The first-order chi connectivity index (χ1) is 10.2. The second kappa shape index (κ2) is 7.27. The van der Waals surface area contributed by atoms with E-state index < -0.39 is 0 Å². The second-order valence-corrected chi connectivity index (χ2v) is 4.45. The average molecular weight is 284 g/mol. The highest BCUT2D eigenvalue weighted by Gasteiger charge is 2.11. The fraction of sp³-hybridized carbons (Fsp3) is 0.250. The predicted octanol–water partition coefficient (Wildman–Crippen LogP) is 1.65. The largest absolute Gasteiger partial charge is 0.395 e. The Balaban J connectivity index is 1.91. The maximum Gasteiger partial charge on any atom is 0.256 e. The fourth-order valence-corrected chi connectivity index (χ4v) is 1.72. The minimum Gasteiger partial charge on any atom is -0.395 e. The fourth-order valence-electron chi connectivity index (χ4n) is 1.72. The van der Waals surface area contributed by atoms with Gasteiger partial charge in [-0.3, -0.25) is 4.79 Å². The summed E-state index contributed by atoms with van der Waals surface area (Å²) in [4.78, 5) is 11.9. The van der Waals surface area contributed by atoms with E-state index in [4.69, 9.17) is 9.63 Å². The maximum atomic E-state index is 11.9. The summed E-state index contributed by atoms with van der Waals surface area (Å²) in [5.74, 6) is 6.10. The molecule has 0 atom stereocenters. The van der Waals surface area contributed by atoms with Gasteiger partial charge in [0.15, 0.2) is 0 Å². The number of carbonyl (C=O) groups excluding carboxylic acids is 1. The number of rotatable bonds is 4. The minimum absolute atomic E-state index is 0.0688. The molecule has 2 aromatic rings. The maximum absolute atomic E-state index is 11.9. The molecule has 5 heteroatoms. The molecule has 0 unspecified atom stereocenters. The number of carbonyl (C=O) groups is 1. The molecule has 1 aromatic carbocycles. The highest BCUT2D eigenvalue weighted by molar-refractivity contribution is 5.94. The van der Waals surface area contributed by atoms with Crippen LogP contribution in [0.2, 0.25) is 0 Å². The highest BCUT2D eigenvalue weighted by Crippen LogP contribution is 2.07. The van der Waals surface area contributed by atoms with Crippen LogP contribution in [0.4, 0.5) is 0 Å². The standard InChI is InChI=1S/C16H16N2O3/c1-12-15(11-18-21-12)16(20)17-10-14-7-5-13(6-8-14)4-2-3-9-19/h5-8,11,19H,3,9-10H2,1H3,(H,17,20). The van der Waals surface area contributed by atoms with Gasteiger partial charge in [0.05, 0.1) is 12.8 Å². The van der Waals surface area contributed by atoms with Crippen molar-refractivity contribution in [3.05, 3.63) is 52.9 Å². The molecule has 1 amide bonds. The summed E-state index contributed by atoms with van der Waals surface area (Å²) in [7, 11) is 0. The quantitative estimate of drug-likeness (QED) is 0.837. The van der Waals surface area contributed by atoms with Gasteiger partial charge in [-0.25, -0.2) is 0 Å². The molecule has 2 N–H and O–H groups in total. The number of nitrogens with zero attached hydrogens (tertiary/aromatic N) is 1. The van der Waals surface area contributed by atoms with Crippen LogP contribution >= 0.6 is 0 Å². The lowest BCUT2D eigenvalue weighted by molar-refractivity contribution is 0.0949. The zero-order chi connectivity index (χ0) is 15.1. The number of amides is 1. The van der Waals surface area contributed by atoms with Crippen LogP contribution in [0.5, 0.6) is 0 Å². The van der Waals surface area contributed by atoms with Crippen LogP contribution in [0.1, 0.15) is 33.7 Å². The number of hydrogen-bond donors (Lipinski definition) is 2. The van der Waals surface area contributed by atoms with Crippen molar-refractivity contribution in [3.63, 3.8) is 0 Å². The number of aliphatic hydroxyl groups excluding tert-OH is 1. The summed E-state index contributed by atoms with van der Waals surface area (Å²) in [6.45, 7) is 2.19. The molecule has 0 radical (unpaired) electrons. The Labute approximate surface area is 123 Å². The third-order valence-electron chi connectivity index (χ3n) is 2.87. The van der Waals surface area contributed by atoms with Crippen LogP contribution in [0.25, 0.3) is 0 Å². The monoisotopic (exact) mass is 284 g/mol. The molecular formula is C16H16N2O3. The molecule has 1 heterocycles. The van der Waals surface area contributed by atoms with Gasteiger partial charge in [0.25, 0.3) is 5.91 Å². The van der Waals surface area contributed by atoms with Gasteiger partial charge >= 0.3 is 0 Å². The third kappa shape index (κ3) is 4.20. The van der Waals surface area contributed by atoms with E-state index in [1.165, 1.54) is 6.20 Å². The summed E-state index contributed by atoms with van der Waals surface area (Å²) in [5, 5.41) is 15.0. The molecule has 0 spiro atoms. The van der Waals surface area contributed by atoms with E-state index in [-0.39, 0.29) is 12.5 Å². The molecule has 21 heavy (non-hydrogen) atoms. The van der Waals surface area contributed by atoms with Crippen LogP contribution in [-0.4, -0.2) is 22.8 Å². The van der Waals surface area contributed by atoms with Crippen molar-refractivity contribution >= 4 is 5.91 Å². The molecule has 0 aliphatic heterocycles. The predicted molar refractivity (Wildman–Crippen MR) is 77.4 cm³/mol. The first-order valence-electron chi connectivity index (χ1n) is 6.59. The van der Waals surface area contributed by atoms with Crippen LogP contribution < -0.4 is 5.32 Å². The topological polar surface area (TPSA) is 75.4 Å². The van der Waals surface area contributed by atoms with Gasteiger partial charge in [-0.15, -0.1) is 0 Å². The lowest BCUT2D eigenvalue weighted by Gasteiger charge is -2.04. The number of aromatic nitrogens is 1. The highest BCUT2D eigenvalue weighted by atomic mass is 16.5. The Hall–Kier alpha value is -2.58. The number of nitrogens with one attached hydrogen (secondary N) is 1. The summed E-state index contributed by atoms with van der Waals surface area (Å²) < 4.78 is 4.86. The van der Waals surface area contributed by atoms with Crippen molar-refractivity contribution in [1.29, 1.82) is 0 Å². The Morgan fingerprint density at radius 1 is 1.38 bits per heavy atom. The molecule has 0 fully saturated rings. The Morgan fingerprint density at radius 2 is 2.14 bits per heavy atom. The number of aryl methyl sites for hydroxylation is 1. The molecule has 1 aromatic heterocycles. The van der Waals surface area contributed by atoms with Crippen molar-refractivity contribution in [1.82, 2.24) is 10.5 Å². The smallest absolute Gasteiger partial charge is 0.256 e. The summed E-state index contributed by atoms with van der Waals surface area (Å²) in [6, 6.07) is 7.58. The average Bonchev–Trinajstić information content (AvgIpc) is 2.92. The normalized spacial score (nSPS) is 9.81. The van der Waals surface area contributed by atoms with E-state index in [2.05, 4.69) is 22.3 Å². The molecule has 0 saturated carbocycles. The summed E-state index contributed by atoms with van der Waals surface area (Å²) in [6.07, 6.45) is 1.88. The van der Waals surface area contributed by atoms with Crippen molar-refractivity contribution < 1.29 is 14.4 Å².